The molecule has 0 aliphatic carbocycles. The van der Waals surface area contributed by atoms with Crippen molar-refractivity contribution in [1.29, 1.82) is 0 Å². The monoisotopic (exact) mass is 408 g/mol. The van der Waals surface area contributed by atoms with Crippen molar-refractivity contribution in [1.82, 2.24) is 19.8 Å². The van der Waals surface area contributed by atoms with Crippen molar-refractivity contribution >= 4 is 28.0 Å². The third-order valence-electron chi connectivity index (χ3n) is 4.74. The topological polar surface area (TPSA) is 65.5 Å². The Kier molecular flexibility index (Phi) is 4.26. The highest BCUT2D eigenvalue weighted by Gasteiger charge is 2.24. The van der Waals surface area contributed by atoms with E-state index in [2.05, 4.69) is 15.4 Å². The lowest BCUT2D eigenvalue weighted by atomic mass is 10.1. The number of hydrogen-bond acceptors (Lipinski definition) is 5. The first kappa shape index (κ1) is 17.8. The molecule has 0 saturated heterocycles. The van der Waals surface area contributed by atoms with Gasteiger partial charge in [-0.05, 0) is 24.3 Å². The molecule has 144 valence electrons. The molecule has 0 unspecified atom stereocenters. The lowest BCUT2D eigenvalue weighted by molar-refractivity contribution is 0.156. The first-order valence-corrected chi connectivity index (χ1v) is 9.21. The predicted molar refractivity (Wildman–Crippen MR) is 107 cm³/mol. The fourth-order valence-electron chi connectivity index (χ4n) is 3.43. The van der Waals surface area contributed by atoms with Crippen LogP contribution in [0.5, 0.6) is 0 Å². The molecule has 0 radical (unpaired) electrons. The van der Waals surface area contributed by atoms with E-state index < -0.39 is 0 Å². The van der Waals surface area contributed by atoms with E-state index in [1.807, 2.05) is 28.7 Å². The Bertz CT molecular complexity index is 1340. The fourth-order valence-corrected chi connectivity index (χ4v) is 3.69. The van der Waals surface area contributed by atoms with Crippen molar-refractivity contribution in [2.45, 2.75) is 6.61 Å². The smallest absolute Gasteiger partial charge is 0.174 e. The van der Waals surface area contributed by atoms with Crippen molar-refractivity contribution in [3.63, 3.8) is 0 Å². The molecule has 0 bridgehead atoms. The minimum absolute atomic E-state index is 0.194. The number of hydrogen-bond donors (Lipinski definition) is 0. The van der Waals surface area contributed by atoms with Crippen LogP contribution in [-0.4, -0.2) is 26.9 Å². The zero-order chi connectivity index (χ0) is 20.0. The summed E-state index contributed by atoms with van der Waals surface area (Å²) in [5, 5.41) is 15.3. The second-order valence-corrected chi connectivity index (χ2v) is 6.92. The second kappa shape index (κ2) is 6.95. The van der Waals surface area contributed by atoms with Gasteiger partial charge in [0, 0.05) is 29.6 Å². The summed E-state index contributed by atoms with van der Waals surface area (Å²) < 4.78 is 26.0. The number of fused-ring (bicyclic) bond motifs is 3. The van der Waals surface area contributed by atoms with Crippen LogP contribution in [0.4, 0.5) is 4.39 Å². The maximum Gasteiger partial charge on any atom is 0.174 e. The minimum atomic E-state index is -0.331. The van der Waals surface area contributed by atoms with Crippen LogP contribution in [0.15, 0.2) is 59.3 Å². The van der Waals surface area contributed by atoms with Crippen LogP contribution in [0, 0.1) is 5.82 Å². The van der Waals surface area contributed by atoms with Gasteiger partial charge in [0.25, 0.3) is 0 Å². The van der Waals surface area contributed by atoms with E-state index in [9.17, 15) is 4.39 Å². The molecule has 0 aliphatic rings. The van der Waals surface area contributed by atoms with Gasteiger partial charge < -0.3 is 9.26 Å². The molecule has 3 aromatic heterocycles. The summed E-state index contributed by atoms with van der Waals surface area (Å²) in [5.74, 6) is 0.674. The van der Waals surface area contributed by atoms with Crippen LogP contribution in [-0.2, 0) is 11.3 Å². The molecule has 29 heavy (non-hydrogen) atoms. The Balaban J connectivity index is 1.80. The molecular formula is C21H14ClFN4O2. The van der Waals surface area contributed by atoms with Gasteiger partial charge >= 0.3 is 0 Å². The van der Waals surface area contributed by atoms with Gasteiger partial charge in [0.15, 0.2) is 17.2 Å². The number of halogens is 2. The Morgan fingerprint density at radius 2 is 1.83 bits per heavy atom. The third-order valence-corrected chi connectivity index (χ3v) is 5.04. The van der Waals surface area contributed by atoms with Crippen LogP contribution >= 0.6 is 11.6 Å². The second-order valence-electron chi connectivity index (χ2n) is 6.51. The van der Waals surface area contributed by atoms with E-state index in [-0.39, 0.29) is 12.4 Å². The van der Waals surface area contributed by atoms with Crippen molar-refractivity contribution in [3.05, 3.63) is 71.3 Å². The van der Waals surface area contributed by atoms with Gasteiger partial charge in [0.1, 0.15) is 18.1 Å². The van der Waals surface area contributed by atoms with E-state index in [0.29, 0.717) is 39.1 Å². The summed E-state index contributed by atoms with van der Waals surface area (Å²) >= 11 is 6.52. The van der Waals surface area contributed by atoms with Crippen LogP contribution in [0.25, 0.3) is 39.1 Å². The van der Waals surface area contributed by atoms with Gasteiger partial charge in [0.05, 0.1) is 10.6 Å². The summed E-state index contributed by atoms with van der Waals surface area (Å²) in [6.07, 6.45) is 1.77. The average Bonchev–Trinajstić information content (AvgIpc) is 3.33. The van der Waals surface area contributed by atoms with Gasteiger partial charge in [-0.3, -0.25) is 4.40 Å². The van der Waals surface area contributed by atoms with Crippen molar-refractivity contribution in [2.75, 3.05) is 7.11 Å². The van der Waals surface area contributed by atoms with Crippen LogP contribution in [0.1, 0.15) is 5.76 Å². The third kappa shape index (κ3) is 2.86. The standard InChI is InChI=1S/C21H14ClFN4O2/c1-28-11-17-18(19(26-29-17)12-6-8-13(23)9-7-12)21-25-24-20-15-5-3-2-4-14(15)16(22)10-27(20)21/h2-10H,11H2,1H3. The van der Waals surface area contributed by atoms with E-state index in [1.165, 1.54) is 12.1 Å². The highest BCUT2D eigenvalue weighted by Crippen LogP contribution is 2.36. The maximum atomic E-state index is 13.4. The molecule has 8 heteroatoms. The molecule has 6 nitrogen and oxygen atoms in total. The normalized spacial score (nSPS) is 11.6. The lowest BCUT2D eigenvalue weighted by Crippen LogP contribution is -1.96. The van der Waals surface area contributed by atoms with Crippen LogP contribution in [0.2, 0.25) is 5.02 Å². The molecule has 5 rings (SSSR count). The van der Waals surface area contributed by atoms with E-state index in [4.69, 9.17) is 20.9 Å². The van der Waals surface area contributed by atoms with Gasteiger partial charge in [-0.2, -0.15) is 0 Å². The zero-order valence-corrected chi connectivity index (χ0v) is 16.0. The Hall–Kier alpha value is -3.29. The first-order valence-electron chi connectivity index (χ1n) is 8.83. The van der Waals surface area contributed by atoms with Gasteiger partial charge in [-0.15, -0.1) is 10.2 Å². The summed E-state index contributed by atoms with van der Waals surface area (Å²) in [4.78, 5) is 0. The summed E-state index contributed by atoms with van der Waals surface area (Å²) in [6.45, 7) is 0.194. The molecule has 0 spiro atoms. The highest BCUT2D eigenvalue weighted by atomic mass is 35.5. The van der Waals surface area contributed by atoms with Gasteiger partial charge in [0.2, 0.25) is 0 Å². The van der Waals surface area contributed by atoms with Crippen LogP contribution in [0.3, 0.4) is 0 Å². The number of pyridine rings is 1. The molecule has 2 aromatic carbocycles. The van der Waals surface area contributed by atoms with Crippen molar-refractivity contribution < 1.29 is 13.7 Å². The minimum Gasteiger partial charge on any atom is -0.377 e. The predicted octanol–water partition coefficient (Wildman–Crippen LogP) is 5.14. The molecule has 0 N–H and O–H groups in total. The zero-order valence-electron chi connectivity index (χ0n) is 15.3. The van der Waals surface area contributed by atoms with Gasteiger partial charge in [-0.1, -0.05) is 41.0 Å². The Morgan fingerprint density at radius 1 is 1.07 bits per heavy atom. The van der Waals surface area contributed by atoms with Crippen molar-refractivity contribution in [2.24, 2.45) is 0 Å². The molecule has 3 heterocycles. The molecular weight excluding hydrogens is 395 g/mol. The largest absolute Gasteiger partial charge is 0.377 e. The summed E-state index contributed by atoms with van der Waals surface area (Å²) in [5.41, 5.74) is 2.50. The van der Waals surface area contributed by atoms with E-state index >= 15 is 0 Å². The number of benzene rings is 2. The maximum absolute atomic E-state index is 13.4. The molecule has 0 fully saturated rings. The van der Waals surface area contributed by atoms with Gasteiger partial charge in [-0.25, -0.2) is 4.39 Å². The molecule has 0 amide bonds. The quantitative estimate of drug-likeness (QED) is 0.411. The lowest BCUT2D eigenvalue weighted by Gasteiger charge is -2.06. The average molecular weight is 409 g/mol. The van der Waals surface area contributed by atoms with E-state index in [1.54, 1.807) is 25.4 Å². The molecule has 0 aliphatic heterocycles. The molecule has 0 atom stereocenters. The SMILES string of the molecule is COCc1onc(-c2ccc(F)cc2)c1-c1nnc2c3ccccc3c(Cl)cn12. The molecule has 0 saturated carbocycles. The van der Waals surface area contributed by atoms with E-state index in [0.717, 1.165) is 10.8 Å². The summed E-state index contributed by atoms with van der Waals surface area (Å²) in [6, 6.07) is 13.7. The number of ether oxygens (including phenoxy) is 1. The Labute approximate surface area is 169 Å². The first-order chi connectivity index (χ1) is 14.2. The number of methoxy groups -OCH3 is 1. The summed E-state index contributed by atoms with van der Waals surface area (Å²) in [7, 11) is 1.57. The highest BCUT2D eigenvalue weighted by molar-refractivity contribution is 6.36. The molecule has 5 aromatic rings. The number of rotatable bonds is 4. The number of aromatic nitrogens is 4. The van der Waals surface area contributed by atoms with Crippen LogP contribution < -0.4 is 0 Å². The number of nitrogens with zero attached hydrogens (tertiary/aromatic N) is 4. The fraction of sp³-hybridized carbons (Fsp3) is 0.0952. The van der Waals surface area contributed by atoms with Crippen molar-refractivity contribution in [3.8, 4) is 22.6 Å². The Morgan fingerprint density at radius 3 is 2.59 bits per heavy atom.